The molecule has 1 N–H and O–H groups in total. The van der Waals surface area contributed by atoms with Crippen LogP contribution in [0.4, 0.5) is 0 Å². The Morgan fingerprint density at radius 1 is 1.31 bits per heavy atom. The molecule has 2 fully saturated rings. The molecule has 0 bridgehead atoms. The van der Waals surface area contributed by atoms with E-state index < -0.39 is 5.60 Å². The highest BCUT2D eigenvalue weighted by Gasteiger charge is 2.48. The van der Waals surface area contributed by atoms with Gasteiger partial charge in [0.1, 0.15) is 0 Å². The molecule has 0 aromatic rings. The van der Waals surface area contributed by atoms with Gasteiger partial charge in [-0.1, -0.05) is 12.8 Å². The zero-order valence-electron chi connectivity index (χ0n) is 10.2. The van der Waals surface area contributed by atoms with Crippen molar-refractivity contribution in [1.29, 1.82) is 0 Å². The molecule has 0 aliphatic heterocycles. The van der Waals surface area contributed by atoms with E-state index in [1.807, 2.05) is 6.92 Å². The Hall–Kier alpha value is -0.570. The smallest absolute Gasteiger partial charge is 0.308 e. The molecule has 4 atom stereocenters. The number of hydrogen-bond acceptors (Lipinski definition) is 3. The first-order valence-corrected chi connectivity index (χ1v) is 6.36. The Balaban J connectivity index is 2.17. The minimum Gasteiger partial charge on any atom is -0.469 e. The second-order valence-electron chi connectivity index (χ2n) is 5.58. The van der Waals surface area contributed by atoms with Gasteiger partial charge >= 0.3 is 5.97 Å². The minimum atomic E-state index is -0.574. The van der Waals surface area contributed by atoms with E-state index in [0.29, 0.717) is 11.8 Å². The Kier molecular flexibility index (Phi) is 3.24. The normalized spacial score (nSPS) is 43.6. The lowest BCUT2D eigenvalue weighted by molar-refractivity contribution is -0.159. The Bertz CT molecular complexity index is 272. The van der Waals surface area contributed by atoms with E-state index in [2.05, 4.69) is 0 Å². The highest BCUT2D eigenvalue weighted by molar-refractivity contribution is 5.72. The molecule has 0 radical (unpaired) electrons. The van der Waals surface area contributed by atoms with Crippen molar-refractivity contribution < 1.29 is 14.6 Å². The van der Waals surface area contributed by atoms with Gasteiger partial charge in [-0.2, -0.15) is 0 Å². The summed E-state index contributed by atoms with van der Waals surface area (Å²) in [5.74, 6) is 0.576. The number of rotatable bonds is 1. The first-order valence-electron chi connectivity index (χ1n) is 6.36. The van der Waals surface area contributed by atoms with Crippen molar-refractivity contribution in [3.8, 4) is 0 Å². The maximum Gasteiger partial charge on any atom is 0.308 e. The maximum absolute atomic E-state index is 11.7. The van der Waals surface area contributed by atoms with Crippen LogP contribution in [0.15, 0.2) is 0 Å². The first kappa shape index (κ1) is 11.9. The third-order valence-electron chi connectivity index (χ3n) is 4.60. The van der Waals surface area contributed by atoms with E-state index >= 15 is 0 Å². The lowest BCUT2D eigenvalue weighted by Crippen LogP contribution is -2.49. The van der Waals surface area contributed by atoms with Crippen molar-refractivity contribution in [3.05, 3.63) is 0 Å². The molecule has 2 rings (SSSR count). The summed E-state index contributed by atoms with van der Waals surface area (Å²) < 4.78 is 4.89. The van der Waals surface area contributed by atoms with Crippen LogP contribution in [0.5, 0.6) is 0 Å². The molecule has 2 aliphatic carbocycles. The number of ether oxygens (including phenoxy) is 1. The highest BCUT2D eigenvalue weighted by Crippen LogP contribution is 2.48. The number of aliphatic hydroxyl groups is 1. The second-order valence-corrected chi connectivity index (χ2v) is 5.58. The monoisotopic (exact) mass is 226 g/mol. The van der Waals surface area contributed by atoms with Gasteiger partial charge in [-0.25, -0.2) is 0 Å². The van der Waals surface area contributed by atoms with Gasteiger partial charge in [0.05, 0.1) is 18.6 Å². The summed E-state index contributed by atoms with van der Waals surface area (Å²) in [6.45, 7) is 1.93. The largest absolute Gasteiger partial charge is 0.469 e. The summed E-state index contributed by atoms with van der Waals surface area (Å²) in [5, 5.41) is 10.4. The van der Waals surface area contributed by atoms with Crippen LogP contribution in [0.1, 0.15) is 45.4 Å². The Morgan fingerprint density at radius 2 is 2.00 bits per heavy atom. The molecule has 3 heteroatoms. The fourth-order valence-corrected chi connectivity index (χ4v) is 3.70. The minimum absolute atomic E-state index is 0.0236. The summed E-state index contributed by atoms with van der Waals surface area (Å²) >= 11 is 0. The van der Waals surface area contributed by atoms with Crippen LogP contribution in [0.3, 0.4) is 0 Å². The lowest BCUT2D eigenvalue weighted by atomic mass is 9.59. The number of carbonyl (C=O) groups excluding carboxylic acids is 1. The van der Waals surface area contributed by atoms with Gasteiger partial charge in [-0.05, 0) is 44.4 Å². The maximum atomic E-state index is 11.7. The third kappa shape index (κ3) is 1.97. The van der Waals surface area contributed by atoms with Crippen molar-refractivity contribution in [2.45, 2.75) is 51.0 Å². The summed E-state index contributed by atoms with van der Waals surface area (Å²) in [6, 6.07) is 0. The van der Waals surface area contributed by atoms with Crippen molar-refractivity contribution in [3.63, 3.8) is 0 Å². The van der Waals surface area contributed by atoms with Crippen LogP contribution in [-0.2, 0) is 9.53 Å². The summed E-state index contributed by atoms with van der Waals surface area (Å²) in [4.78, 5) is 11.7. The molecule has 0 amide bonds. The van der Waals surface area contributed by atoms with Crippen LogP contribution in [0.2, 0.25) is 0 Å². The number of esters is 1. The topological polar surface area (TPSA) is 46.5 Å². The van der Waals surface area contributed by atoms with Crippen LogP contribution in [-0.4, -0.2) is 23.8 Å². The molecule has 16 heavy (non-hydrogen) atoms. The molecule has 0 spiro atoms. The van der Waals surface area contributed by atoms with Crippen molar-refractivity contribution in [2.75, 3.05) is 7.11 Å². The number of hydrogen-bond donors (Lipinski definition) is 1. The van der Waals surface area contributed by atoms with E-state index in [0.717, 1.165) is 25.7 Å². The average Bonchev–Trinajstić information content (AvgIpc) is 2.28. The highest BCUT2D eigenvalue weighted by atomic mass is 16.5. The molecule has 0 aromatic carbocycles. The van der Waals surface area contributed by atoms with Crippen LogP contribution in [0, 0.1) is 17.8 Å². The molecule has 2 aliphatic rings. The quantitative estimate of drug-likeness (QED) is 0.697. The molecule has 2 saturated carbocycles. The van der Waals surface area contributed by atoms with E-state index in [1.165, 1.54) is 20.0 Å². The molecule has 0 heterocycles. The fourth-order valence-electron chi connectivity index (χ4n) is 3.70. The van der Waals surface area contributed by atoms with Crippen molar-refractivity contribution in [1.82, 2.24) is 0 Å². The SMILES string of the molecule is COC(=O)[C@H]1CC[C@@](C)(O)[C@@H]2CCCC[C@@H]12. The van der Waals surface area contributed by atoms with E-state index in [1.54, 1.807) is 0 Å². The second kappa shape index (κ2) is 4.36. The molecule has 3 nitrogen and oxygen atoms in total. The molecule has 92 valence electrons. The summed E-state index contributed by atoms with van der Waals surface area (Å²) in [5.41, 5.74) is -0.574. The van der Waals surface area contributed by atoms with E-state index in [4.69, 9.17) is 4.74 Å². The van der Waals surface area contributed by atoms with E-state index in [-0.39, 0.29) is 11.9 Å². The fraction of sp³-hybridized carbons (Fsp3) is 0.923. The van der Waals surface area contributed by atoms with Gasteiger partial charge in [0.15, 0.2) is 0 Å². The van der Waals surface area contributed by atoms with Crippen LogP contribution < -0.4 is 0 Å². The van der Waals surface area contributed by atoms with Gasteiger partial charge < -0.3 is 9.84 Å². The lowest BCUT2D eigenvalue weighted by Gasteiger charge is -2.48. The summed E-state index contributed by atoms with van der Waals surface area (Å²) in [7, 11) is 1.47. The standard InChI is InChI=1S/C13H22O3/c1-13(15)8-7-10(12(14)16-2)9-5-3-4-6-11(9)13/h9-11,15H,3-8H2,1-2H3/t9-,10-,11+,13+/m0/s1. The van der Waals surface area contributed by atoms with Gasteiger partial charge in [0, 0.05) is 0 Å². The molecular weight excluding hydrogens is 204 g/mol. The number of carbonyl (C=O) groups is 1. The third-order valence-corrected chi connectivity index (χ3v) is 4.60. The zero-order valence-corrected chi connectivity index (χ0v) is 10.2. The molecule has 0 aromatic heterocycles. The van der Waals surface area contributed by atoms with Gasteiger partial charge in [0.2, 0.25) is 0 Å². The Labute approximate surface area is 97.2 Å². The predicted molar refractivity (Wildman–Crippen MR) is 60.8 cm³/mol. The number of methoxy groups -OCH3 is 1. The number of fused-ring (bicyclic) bond motifs is 1. The molecular formula is C13H22O3. The van der Waals surface area contributed by atoms with Gasteiger partial charge in [-0.3, -0.25) is 4.79 Å². The van der Waals surface area contributed by atoms with Crippen molar-refractivity contribution >= 4 is 5.97 Å². The zero-order chi connectivity index (χ0) is 11.8. The Morgan fingerprint density at radius 3 is 2.69 bits per heavy atom. The van der Waals surface area contributed by atoms with E-state index in [9.17, 15) is 9.90 Å². The van der Waals surface area contributed by atoms with Crippen LogP contribution in [0.25, 0.3) is 0 Å². The first-order chi connectivity index (χ1) is 7.56. The van der Waals surface area contributed by atoms with Gasteiger partial charge in [0.25, 0.3) is 0 Å². The molecule has 0 saturated heterocycles. The average molecular weight is 226 g/mol. The summed E-state index contributed by atoms with van der Waals surface area (Å²) in [6.07, 6.45) is 6.01. The van der Waals surface area contributed by atoms with Crippen LogP contribution >= 0.6 is 0 Å². The molecule has 0 unspecified atom stereocenters. The van der Waals surface area contributed by atoms with Crippen molar-refractivity contribution in [2.24, 2.45) is 17.8 Å². The predicted octanol–water partition coefficient (Wildman–Crippen LogP) is 2.13. The van der Waals surface area contributed by atoms with Gasteiger partial charge in [-0.15, -0.1) is 0 Å².